The van der Waals surface area contributed by atoms with Crippen molar-refractivity contribution < 1.29 is 14.3 Å². The molecule has 37 heavy (non-hydrogen) atoms. The maximum Gasteiger partial charge on any atom is 0.269 e. The Morgan fingerprint density at radius 3 is 2.32 bits per heavy atom. The molecule has 0 saturated carbocycles. The number of carbonyl (C=O) groups excluding carboxylic acids is 2. The molecular formula is C30H28N4O3. The van der Waals surface area contributed by atoms with E-state index in [0.717, 1.165) is 38.7 Å². The van der Waals surface area contributed by atoms with Gasteiger partial charge in [0.2, 0.25) is 0 Å². The number of rotatable bonds is 8. The number of methoxy groups -OCH3 is 1. The minimum atomic E-state index is -0.257. The molecule has 7 heteroatoms. The standard InChI is InChI=1S/C30H28N4O3/c1-19-8-3-4-9-22(19)29(35)31-16-7-17-32-30(36)26-18-24-23-10-5-6-11-25(23)33-28(24)27(34-26)20-12-14-21(37-2)15-13-20/h3-6,8-15,18,33H,7,16-17H2,1-2H3,(H,31,35)(H,32,36). The van der Waals surface area contributed by atoms with E-state index in [0.29, 0.717) is 36.5 Å². The quantitative estimate of drug-likeness (QED) is 0.258. The molecule has 0 aliphatic carbocycles. The van der Waals surface area contributed by atoms with Crippen LogP contribution in [0.3, 0.4) is 0 Å². The van der Waals surface area contributed by atoms with Gasteiger partial charge in [-0.25, -0.2) is 4.98 Å². The lowest BCUT2D eigenvalue weighted by Gasteiger charge is -2.10. The summed E-state index contributed by atoms with van der Waals surface area (Å²) in [6, 6.07) is 24.9. The van der Waals surface area contributed by atoms with E-state index in [1.54, 1.807) is 13.2 Å². The number of hydrogen-bond donors (Lipinski definition) is 3. The van der Waals surface area contributed by atoms with Gasteiger partial charge in [0.1, 0.15) is 11.4 Å². The predicted molar refractivity (Wildman–Crippen MR) is 146 cm³/mol. The number of aromatic nitrogens is 2. The summed E-state index contributed by atoms with van der Waals surface area (Å²) in [7, 11) is 1.63. The summed E-state index contributed by atoms with van der Waals surface area (Å²) in [6.07, 6.45) is 0.601. The molecule has 0 radical (unpaired) electrons. The van der Waals surface area contributed by atoms with Crippen LogP contribution in [-0.2, 0) is 0 Å². The second-order valence-electron chi connectivity index (χ2n) is 8.86. The van der Waals surface area contributed by atoms with Crippen LogP contribution in [0.25, 0.3) is 33.1 Å². The second kappa shape index (κ2) is 10.5. The van der Waals surface area contributed by atoms with E-state index in [9.17, 15) is 9.59 Å². The van der Waals surface area contributed by atoms with Gasteiger partial charge in [-0.15, -0.1) is 0 Å². The molecule has 0 spiro atoms. The molecule has 5 aromatic rings. The van der Waals surface area contributed by atoms with Gasteiger partial charge < -0.3 is 20.4 Å². The third kappa shape index (κ3) is 5.02. The Morgan fingerprint density at radius 2 is 1.57 bits per heavy atom. The highest BCUT2D eigenvalue weighted by molar-refractivity contribution is 6.13. The van der Waals surface area contributed by atoms with Crippen LogP contribution < -0.4 is 15.4 Å². The number of nitrogens with zero attached hydrogens (tertiary/aromatic N) is 1. The van der Waals surface area contributed by atoms with Crippen LogP contribution in [0.15, 0.2) is 78.9 Å². The summed E-state index contributed by atoms with van der Waals surface area (Å²) in [6.45, 7) is 2.78. The summed E-state index contributed by atoms with van der Waals surface area (Å²) < 4.78 is 5.29. The molecule has 0 aliphatic rings. The number of fused-ring (bicyclic) bond motifs is 3. The fourth-order valence-corrected chi connectivity index (χ4v) is 4.43. The van der Waals surface area contributed by atoms with Crippen LogP contribution >= 0.6 is 0 Å². The van der Waals surface area contributed by atoms with Gasteiger partial charge >= 0.3 is 0 Å². The molecule has 7 nitrogen and oxygen atoms in total. The smallest absolute Gasteiger partial charge is 0.269 e. The predicted octanol–water partition coefficient (Wildman–Crippen LogP) is 5.25. The zero-order chi connectivity index (χ0) is 25.8. The molecule has 5 rings (SSSR count). The maximum absolute atomic E-state index is 13.1. The number of para-hydroxylation sites is 1. The first-order valence-corrected chi connectivity index (χ1v) is 12.2. The Hall–Kier alpha value is -4.65. The van der Waals surface area contributed by atoms with Crippen LogP contribution in [0.5, 0.6) is 5.75 Å². The first-order valence-electron chi connectivity index (χ1n) is 12.2. The lowest BCUT2D eigenvalue weighted by Crippen LogP contribution is -2.30. The van der Waals surface area contributed by atoms with Crippen molar-refractivity contribution in [2.75, 3.05) is 20.2 Å². The number of ether oxygens (including phenoxy) is 1. The van der Waals surface area contributed by atoms with Crippen molar-refractivity contribution in [2.24, 2.45) is 0 Å². The highest BCUT2D eigenvalue weighted by Crippen LogP contribution is 2.33. The van der Waals surface area contributed by atoms with Gasteiger partial charge in [-0.1, -0.05) is 36.4 Å². The van der Waals surface area contributed by atoms with Crippen molar-refractivity contribution in [3.05, 3.63) is 95.7 Å². The van der Waals surface area contributed by atoms with Crippen LogP contribution in [0.4, 0.5) is 0 Å². The molecule has 0 aliphatic heterocycles. The molecule has 0 unspecified atom stereocenters. The summed E-state index contributed by atoms with van der Waals surface area (Å²) in [5, 5.41) is 7.82. The molecule has 186 valence electrons. The first kappa shape index (κ1) is 24.1. The third-order valence-corrected chi connectivity index (χ3v) is 6.41. The summed E-state index contributed by atoms with van der Waals surface area (Å²) >= 11 is 0. The molecule has 3 N–H and O–H groups in total. The fourth-order valence-electron chi connectivity index (χ4n) is 4.43. The minimum absolute atomic E-state index is 0.111. The average molecular weight is 493 g/mol. The van der Waals surface area contributed by atoms with Crippen LogP contribution in [0.2, 0.25) is 0 Å². The van der Waals surface area contributed by atoms with Crippen molar-refractivity contribution in [1.29, 1.82) is 0 Å². The van der Waals surface area contributed by atoms with Gasteiger partial charge in [-0.3, -0.25) is 9.59 Å². The van der Waals surface area contributed by atoms with Crippen molar-refractivity contribution in [3.63, 3.8) is 0 Å². The molecule has 2 heterocycles. The maximum atomic E-state index is 13.1. The van der Waals surface area contributed by atoms with Crippen LogP contribution in [-0.4, -0.2) is 42.0 Å². The van der Waals surface area contributed by atoms with E-state index in [1.807, 2.05) is 79.7 Å². The van der Waals surface area contributed by atoms with Gasteiger partial charge in [0.15, 0.2) is 0 Å². The number of amides is 2. The van der Waals surface area contributed by atoms with E-state index in [4.69, 9.17) is 9.72 Å². The van der Waals surface area contributed by atoms with Gasteiger partial charge in [-0.05, 0) is 61.4 Å². The molecule has 2 aromatic heterocycles. The first-order chi connectivity index (χ1) is 18.0. The summed E-state index contributed by atoms with van der Waals surface area (Å²) in [5.74, 6) is 0.382. The number of aryl methyl sites for hydroxylation is 1. The van der Waals surface area contributed by atoms with Crippen LogP contribution in [0.1, 0.15) is 32.8 Å². The van der Waals surface area contributed by atoms with Gasteiger partial charge in [0.05, 0.1) is 18.3 Å². The average Bonchev–Trinajstić information content (AvgIpc) is 3.31. The van der Waals surface area contributed by atoms with E-state index in [2.05, 4.69) is 15.6 Å². The van der Waals surface area contributed by atoms with Crippen molar-refractivity contribution in [2.45, 2.75) is 13.3 Å². The monoisotopic (exact) mass is 492 g/mol. The number of benzene rings is 3. The summed E-state index contributed by atoms with van der Waals surface area (Å²) in [5.41, 5.74) is 5.37. The van der Waals surface area contributed by atoms with Crippen molar-refractivity contribution in [3.8, 4) is 17.0 Å². The Bertz CT molecular complexity index is 1590. The Morgan fingerprint density at radius 1 is 0.865 bits per heavy atom. The van der Waals surface area contributed by atoms with Crippen LogP contribution in [0, 0.1) is 6.92 Å². The van der Waals surface area contributed by atoms with E-state index >= 15 is 0 Å². The molecule has 0 fully saturated rings. The summed E-state index contributed by atoms with van der Waals surface area (Å²) in [4.78, 5) is 33.7. The number of pyridine rings is 1. The number of aromatic amines is 1. The number of H-pyrrole nitrogens is 1. The highest BCUT2D eigenvalue weighted by Gasteiger charge is 2.17. The van der Waals surface area contributed by atoms with Crippen molar-refractivity contribution >= 4 is 33.6 Å². The number of carbonyl (C=O) groups is 2. The van der Waals surface area contributed by atoms with Gasteiger partial charge in [-0.2, -0.15) is 0 Å². The third-order valence-electron chi connectivity index (χ3n) is 6.41. The molecule has 3 aromatic carbocycles. The van der Waals surface area contributed by atoms with Crippen molar-refractivity contribution in [1.82, 2.24) is 20.6 Å². The topological polar surface area (TPSA) is 96.1 Å². The van der Waals surface area contributed by atoms with E-state index in [-0.39, 0.29) is 11.8 Å². The van der Waals surface area contributed by atoms with E-state index < -0.39 is 0 Å². The fraction of sp³-hybridized carbons (Fsp3) is 0.167. The van der Waals surface area contributed by atoms with E-state index in [1.165, 1.54) is 0 Å². The molecular weight excluding hydrogens is 464 g/mol. The van der Waals surface area contributed by atoms with Gasteiger partial charge in [0.25, 0.3) is 11.8 Å². The van der Waals surface area contributed by atoms with Gasteiger partial charge in [0, 0.05) is 40.5 Å². The Labute approximate surface area is 214 Å². The minimum Gasteiger partial charge on any atom is -0.497 e. The Balaban J connectivity index is 1.33. The molecule has 0 bridgehead atoms. The highest BCUT2D eigenvalue weighted by atomic mass is 16.5. The zero-order valence-corrected chi connectivity index (χ0v) is 20.8. The number of hydrogen-bond acceptors (Lipinski definition) is 4. The Kier molecular flexibility index (Phi) is 6.85. The largest absolute Gasteiger partial charge is 0.497 e. The lowest BCUT2D eigenvalue weighted by molar-refractivity contribution is 0.0948. The lowest BCUT2D eigenvalue weighted by atomic mass is 10.1. The SMILES string of the molecule is COc1ccc(-c2nc(C(=O)NCCCNC(=O)c3ccccc3C)cc3c2[nH]c2ccccc23)cc1. The molecule has 2 amide bonds. The number of nitrogens with one attached hydrogen (secondary N) is 3. The molecule has 0 saturated heterocycles. The molecule has 0 atom stereocenters. The zero-order valence-electron chi connectivity index (χ0n) is 20.8. The second-order valence-corrected chi connectivity index (χ2v) is 8.86. The normalized spacial score (nSPS) is 11.0.